The second-order valence-corrected chi connectivity index (χ2v) is 15.1. The van der Waals surface area contributed by atoms with Gasteiger partial charge in [0.25, 0.3) is 0 Å². The molecule has 236 valence electrons. The van der Waals surface area contributed by atoms with Crippen molar-refractivity contribution in [1.29, 1.82) is 0 Å². The second kappa shape index (κ2) is 13.5. The fraction of sp³-hybridized carbons (Fsp3) is 0.567. The van der Waals surface area contributed by atoms with Gasteiger partial charge in [-0.3, -0.25) is 9.59 Å². The van der Waals surface area contributed by atoms with Gasteiger partial charge in [-0.05, 0) is 64.3 Å². The predicted octanol–water partition coefficient (Wildman–Crippen LogP) is 2.48. The van der Waals surface area contributed by atoms with E-state index < -0.39 is 51.5 Å². The van der Waals surface area contributed by atoms with Crippen LogP contribution in [0.15, 0.2) is 53.0 Å². The number of carbonyl (C=O) groups excluding carboxylic acids is 3. The molecule has 2 fully saturated rings. The van der Waals surface area contributed by atoms with Gasteiger partial charge < -0.3 is 24.8 Å². The van der Waals surface area contributed by atoms with Crippen molar-refractivity contribution in [3.05, 3.63) is 53.6 Å². The lowest BCUT2D eigenvalue weighted by Gasteiger charge is -2.36. The number of rotatable bonds is 9. The first-order valence-corrected chi connectivity index (χ1v) is 17.0. The molecule has 1 aromatic carbocycles. The third kappa shape index (κ3) is 8.69. The lowest BCUT2D eigenvalue weighted by atomic mass is 9.83. The lowest BCUT2D eigenvalue weighted by molar-refractivity contribution is -0.156. The predicted molar refractivity (Wildman–Crippen MR) is 163 cm³/mol. The number of ether oxygens (including phenoxy) is 2. The molecule has 1 aliphatic carbocycles. The van der Waals surface area contributed by atoms with Gasteiger partial charge in [0.05, 0.1) is 17.0 Å². The SMILES string of the molecule is Cc1ccc(S(=O)(=O)N[C@@H](CC2=CCC(OC(=O)N3CCSCC3)(C(=O)[C@@H]3C[C@@H](O)CN3)C=C2)C(=O)OC(C)(C)C)cc1. The van der Waals surface area contributed by atoms with Gasteiger partial charge in [-0.2, -0.15) is 16.5 Å². The smallest absolute Gasteiger partial charge is 0.411 e. The number of benzene rings is 1. The number of amides is 1. The molecule has 2 saturated heterocycles. The quantitative estimate of drug-likeness (QED) is 0.345. The molecule has 1 unspecified atom stereocenters. The number of esters is 1. The Bertz CT molecular complexity index is 1360. The van der Waals surface area contributed by atoms with Crippen molar-refractivity contribution < 1.29 is 37.4 Å². The van der Waals surface area contributed by atoms with Gasteiger partial charge in [-0.1, -0.05) is 29.8 Å². The maximum absolute atomic E-state index is 13.7. The number of aliphatic hydroxyl groups is 1. The van der Waals surface area contributed by atoms with Crippen molar-refractivity contribution in [1.82, 2.24) is 14.9 Å². The first kappa shape index (κ1) is 33.2. The Hall–Kier alpha value is -2.71. The van der Waals surface area contributed by atoms with Gasteiger partial charge in [0.15, 0.2) is 11.4 Å². The molecule has 13 heteroatoms. The van der Waals surface area contributed by atoms with Crippen LogP contribution in [0.4, 0.5) is 4.79 Å². The summed E-state index contributed by atoms with van der Waals surface area (Å²) in [6, 6.07) is 4.31. The highest BCUT2D eigenvalue weighted by atomic mass is 32.2. The molecule has 4 rings (SSSR count). The number of ketones is 1. The van der Waals surface area contributed by atoms with Crippen LogP contribution in [0.25, 0.3) is 0 Å². The van der Waals surface area contributed by atoms with Crippen LogP contribution >= 0.6 is 11.8 Å². The zero-order valence-electron chi connectivity index (χ0n) is 25.0. The van der Waals surface area contributed by atoms with Crippen LogP contribution in [0, 0.1) is 6.92 Å². The van der Waals surface area contributed by atoms with Crippen LogP contribution in [0.2, 0.25) is 0 Å². The summed E-state index contributed by atoms with van der Waals surface area (Å²) in [5.41, 5.74) is -1.02. The molecule has 11 nitrogen and oxygen atoms in total. The first-order chi connectivity index (χ1) is 20.2. The van der Waals surface area contributed by atoms with Crippen LogP contribution in [0.1, 0.15) is 45.6 Å². The number of nitrogens with zero attached hydrogens (tertiary/aromatic N) is 1. The van der Waals surface area contributed by atoms with Crippen molar-refractivity contribution >= 4 is 39.6 Å². The van der Waals surface area contributed by atoms with Crippen molar-refractivity contribution in [3.8, 4) is 0 Å². The summed E-state index contributed by atoms with van der Waals surface area (Å²) < 4.78 is 40.4. The molecule has 0 bridgehead atoms. The largest absolute Gasteiger partial charge is 0.459 e. The van der Waals surface area contributed by atoms with Gasteiger partial charge in [-0.25, -0.2) is 13.2 Å². The van der Waals surface area contributed by atoms with Gasteiger partial charge in [0, 0.05) is 37.6 Å². The van der Waals surface area contributed by atoms with Crippen LogP contribution in [0.3, 0.4) is 0 Å². The van der Waals surface area contributed by atoms with Crippen molar-refractivity contribution in [2.24, 2.45) is 0 Å². The number of aliphatic hydroxyl groups excluding tert-OH is 1. The molecule has 0 aromatic heterocycles. The molecular formula is C30H41N3O8S2. The Balaban J connectivity index is 1.56. The highest BCUT2D eigenvalue weighted by Gasteiger charge is 2.47. The topological polar surface area (TPSA) is 151 Å². The Morgan fingerprint density at radius 1 is 1.19 bits per heavy atom. The number of carbonyl (C=O) groups is 3. The maximum Gasteiger partial charge on any atom is 0.411 e. The van der Waals surface area contributed by atoms with E-state index in [4.69, 9.17) is 9.47 Å². The highest BCUT2D eigenvalue weighted by Crippen LogP contribution is 2.32. The van der Waals surface area contributed by atoms with Crippen LogP contribution in [-0.2, 0) is 29.1 Å². The van der Waals surface area contributed by atoms with Gasteiger partial charge >= 0.3 is 12.1 Å². The van der Waals surface area contributed by atoms with E-state index in [0.29, 0.717) is 18.7 Å². The van der Waals surface area contributed by atoms with Crippen molar-refractivity contribution in [3.63, 3.8) is 0 Å². The number of Topliss-reactive ketones (excluding diaryl/α,β-unsaturated/α-hetero) is 1. The van der Waals surface area contributed by atoms with Gasteiger partial charge in [0.2, 0.25) is 10.0 Å². The molecule has 2 heterocycles. The molecule has 2 aliphatic heterocycles. The molecule has 43 heavy (non-hydrogen) atoms. The fourth-order valence-electron chi connectivity index (χ4n) is 5.05. The molecule has 3 aliphatic rings. The van der Waals surface area contributed by atoms with Crippen molar-refractivity contribution in [2.75, 3.05) is 31.1 Å². The maximum atomic E-state index is 13.7. The number of aryl methyl sites for hydroxylation is 1. The summed E-state index contributed by atoms with van der Waals surface area (Å²) in [4.78, 5) is 41.6. The van der Waals surface area contributed by atoms with Crippen molar-refractivity contribution in [2.45, 2.75) is 81.2 Å². The summed E-state index contributed by atoms with van der Waals surface area (Å²) in [5, 5.41) is 13.0. The summed E-state index contributed by atoms with van der Waals surface area (Å²) >= 11 is 1.74. The summed E-state index contributed by atoms with van der Waals surface area (Å²) in [5.74, 6) is 0.427. The average Bonchev–Trinajstić information content (AvgIpc) is 3.39. The molecular weight excluding hydrogens is 594 g/mol. The van der Waals surface area contributed by atoms with E-state index in [1.54, 1.807) is 61.7 Å². The summed E-state index contributed by atoms with van der Waals surface area (Å²) in [6.07, 6.45) is 3.63. The lowest BCUT2D eigenvalue weighted by Crippen LogP contribution is -2.53. The molecule has 1 aromatic rings. The van der Waals surface area contributed by atoms with E-state index in [9.17, 15) is 27.9 Å². The van der Waals surface area contributed by atoms with Crippen LogP contribution in [-0.4, -0.2) is 96.8 Å². The summed E-state index contributed by atoms with van der Waals surface area (Å²) in [7, 11) is -4.07. The number of hydrogen-bond acceptors (Lipinski definition) is 10. The Morgan fingerprint density at radius 2 is 1.86 bits per heavy atom. The van der Waals surface area contributed by atoms with E-state index in [1.165, 1.54) is 18.2 Å². The van der Waals surface area contributed by atoms with E-state index in [-0.39, 0.29) is 36.5 Å². The number of thioether (sulfide) groups is 1. The number of β-amino-alcohol motifs (C(OH)–C–C–N with tert-alkyl or cyclic N) is 1. The first-order valence-electron chi connectivity index (χ1n) is 14.4. The third-order valence-corrected chi connectivity index (χ3v) is 9.80. The minimum Gasteiger partial charge on any atom is -0.459 e. The van der Waals surface area contributed by atoms with E-state index in [2.05, 4.69) is 10.0 Å². The van der Waals surface area contributed by atoms with Crippen LogP contribution < -0.4 is 10.0 Å². The third-order valence-electron chi connectivity index (χ3n) is 7.37. The monoisotopic (exact) mass is 635 g/mol. The molecule has 0 spiro atoms. The van der Waals surface area contributed by atoms with E-state index >= 15 is 0 Å². The molecule has 3 N–H and O–H groups in total. The van der Waals surface area contributed by atoms with E-state index in [1.807, 2.05) is 6.92 Å². The fourth-order valence-corrected chi connectivity index (χ4v) is 7.14. The average molecular weight is 636 g/mol. The Labute approximate surface area is 257 Å². The molecule has 1 amide bonds. The molecule has 0 radical (unpaired) electrons. The zero-order valence-corrected chi connectivity index (χ0v) is 26.6. The minimum absolute atomic E-state index is 0.00791. The second-order valence-electron chi connectivity index (χ2n) is 12.1. The highest BCUT2D eigenvalue weighted by molar-refractivity contribution is 7.99. The minimum atomic E-state index is -4.07. The standard InChI is InChI=1S/C30H41N3O8S2/c1-20-5-7-23(8-6-20)43(38,39)32-25(27(36)40-29(2,3)4)17-21-9-11-30(12-10-21,26(35)24-18-22(34)19-31-24)41-28(37)33-13-15-42-16-14-33/h5-11,22,24-25,31-32,34H,12-19H2,1-4H3/t22-,24+,25+,30?/m1/s1. The normalized spacial score (nSPS) is 25.1. The summed E-state index contributed by atoms with van der Waals surface area (Å²) in [6.45, 7) is 8.20. The Morgan fingerprint density at radius 3 is 2.42 bits per heavy atom. The number of nitrogens with one attached hydrogen (secondary N) is 2. The number of allylic oxidation sites excluding steroid dienone is 1. The van der Waals surface area contributed by atoms with E-state index in [0.717, 1.165) is 17.1 Å². The van der Waals surface area contributed by atoms with Crippen LogP contribution in [0.5, 0.6) is 0 Å². The Kier molecular flexibility index (Phi) is 10.4. The molecule has 0 saturated carbocycles. The molecule has 4 atom stereocenters. The van der Waals surface area contributed by atoms with Gasteiger partial charge in [-0.15, -0.1) is 0 Å². The van der Waals surface area contributed by atoms with Gasteiger partial charge in [0.1, 0.15) is 11.6 Å². The number of sulfonamides is 1. The zero-order chi connectivity index (χ0) is 31.4. The number of hydrogen-bond donors (Lipinski definition) is 3.